The zero-order valence-corrected chi connectivity index (χ0v) is 8.01. The zero-order valence-electron chi connectivity index (χ0n) is 8.01. The predicted octanol–water partition coefficient (Wildman–Crippen LogP) is 1.49. The first-order chi connectivity index (χ1) is 5.30. The van der Waals surface area contributed by atoms with Gasteiger partial charge in [0, 0.05) is 13.2 Å². The van der Waals surface area contributed by atoms with Crippen molar-refractivity contribution >= 4 is 0 Å². The third kappa shape index (κ3) is 4.38. The van der Waals surface area contributed by atoms with Crippen LogP contribution in [0.4, 0.5) is 0 Å². The largest absolute Gasteiger partial charge is 0.400 e. The van der Waals surface area contributed by atoms with Crippen LogP contribution >= 0.6 is 0 Å². The summed E-state index contributed by atoms with van der Waals surface area (Å²) in [5.41, 5.74) is 0. The minimum atomic E-state index is 0.888. The lowest BCUT2D eigenvalue weighted by Gasteiger charge is -2.27. The fourth-order valence-corrected chi connectivity index (χ4v) is 1.60. The van der Waals surface area contributed by atoms with Crippen LogP contribution in [0, 0.1) is 0 Å². The maximum Gasteiger partial charge on any atom is 0.0319 e. The highest BCUT2D eigenvalue weighted by atomic mass is 16.2. The number of rotatable bonds is 1. The van der Waals surface area contributed by atoms with Gasteiger partial charge in [-0.2, -0.15) is 0 Å². The molecule has 0 spiro atoms. The van der Waals surface area contributed by atoms with Crippen molar-refractivity contribution in [1.82, 2.24) is 4.90 Å². The van der Waals surface area contributed by atoms with E-state index in [9.17, 15) is 0 Å². The Kier molecular flexibility index (Phi) is 6.57. The van der Waals surface area contributed by atoms with Crippen molar-refractivity contribution in [1.29, 1.82) is 0 Å². The van der Waals surface area contributed by atoms with Crippen molar-refractivity contribution in [3.05, 3.63) is 0 Å². The van der Waals surface area contributed by atoms with E-state index in [1.165, 1.54) is 32.1 Å². The number of aliphatic hydroxyl groups excluding tert-OH is 1. The summed E-state index contributed by atoms with van der Waals surface area (Å²) < 4.78 is 0. The first kappa shape index (κ1) is 10.9. The summed E-state index contributed by atoms with van der Waals surface area (Å²) in [7, 11) is 5.38. The molecule has 0 amide bonds. The van der Waals surface area contributed by atoms with Crippen molar-refractivity contribution < 1.29 is 5.11 Å². The van der Waals surface area contributed by atoms with Crippen LogP contribution in [0.5, 0.6) is 0 Å². The molecule has 0 atom stereocenters. The van der Waals surface area contributed by atoms with Crippen molar-refractivity contribution in [3.63, 3.8) is 0 Å². The van der Waals surface area contributed by atoms with Gasteiger partial charge in [0.05, 0.1) is 0 Å². The smallest absolute Gasteiger partial charge is 0.0319 e. The van der Waals surface area contributed by atoms with E-state index in [0.29, 0.717) is 0 Å². The molecule has 68 valence electrons. The fourth-order valence-electron chi connectivity index (χ4n) is 1.60. The fraction of sp³-hybridized carbons (Fsp3) is 1.00. The average Bonchev–Trinajstić information content (AvgIpc) is 2.10. The molecule has 0 bridgehead atoms. The molecule has 1 aliphatic rings. The summed E-state index contributed by atoms with van der Waals surface area (Å²) in [4.78, 5) is 2.36. The molecule has 11 heavy (non-hydrogen) atoms. The van der Waals surface area contributed by atoms with E-state index in [4.69, 9.17) is 5.11 Å². The minimum Gasteiger partial charge on any atom is -0.400 e. The molecule has 1 N–H and O–H groups in total. The highest BCUT2D eigenvalue weighted by Crippen LogP contribution is 2.20. The van der Waals surface area contributed by atoms with E-state index < -0.39 is 0 Å². The lowest BCUT2D eigenvalue weighted by molar-refractivity contribution is 0.229. The molecule has 1 aliphatic carbocycles. The third-order valence-corrected chi connectivity index (χ3v) is 2.30. The van der Waals surface area contributed by atoms with Crippen LogP contribution in [0.3, 0.4) is 0 Å². The molecule has 2 nitrogen and oxygen atoms in total. The quantitative estimate of drug-likeness (QED) is 0.626. The summed E-state index contributed by atoms with van der Waals surface area (Å²) >= 11 is 0. The Bertz CT molecular complexity index is 77.6. The molecule has 0 aliphatic heterocycles. The maximum absolute atomic E-state index is 7.00. The van der Waals surface area contributed by atoms with E-state index in [0.717, 1.165) is 13.2 Å². The Morgan fingerprint density at radius 2 is 1.45 bits per heavy atom. The van der Waals surface area contributed by atoms with Gasteiger partial charge in [-0.25, -0.2) is 0 Å². The van der Waals surface area contributed by atoms with E-state index in [-0.39, 0.29) is 0 Å². The number of hydrogen-bond acceptors (Lipinski definition) is 2. The standard InChI is InChI=1S/C8H17N.CH4O/c1-9(2)8-6-4-3-5-7-8;1-2/h8H,3-7H2,1-2H3;2H,1H3. The summed E-state index contributed by atoms with van der Waals surface area (Å²) in [6.07, 6.45) is 7.20. The summed E-state index contributed by atoms with van der Waals surface area (Å²) in [5.74, 6) is 0. The second-order valence-corrected chi connectivity index (χ2v) is 3.26. The van der Waals surface area contributed by atoms with Crippen molar-refractivity contribution in [3.8, 4) is 0 Å². The molecule has 0 aromatic carbocycles. The molecule has 0 unspecified atom stereocenters. The molecule has 0 radical (unpaired) electrons. The van der Waals surface area contributed by atoms with E-state index in [1.807, 2.05) is 0 Å². The number of aliphatic hydroxyl groups is 1. The Balaban J connectivity index is 0.000000461. The first-order valence-corrected chi connectivity index (χ1v) is 4.42. The van der Waals surface area contributed by atoms with Gasteiger partial charge in [0.15, 0.2) is 0 Å². The first-order valence-electron chi connectivity index (χ1n) is 4.42. The second kappa shape index (κ2) is 6.62. The Morgan fingerprint density at radius 3 is 1.73 bits per heavy atom. The van der Waals surface area contributed by atoms with Gasteiger partial charge in [0.2, 0.25) is 0 Å². The predicted molar refractivity (Wildman–Crippen MR) is 48.7 cm³/mol. The number of nitrogens with zero attached hydrogens (tertiary/aromatic N) is 1. The van der Waals surface area contributed by atoms with Gasteiger partial charge in [-0.1, -0.05) is 19.3 Å². The lowest BCUT2D eigenvalue weighted by Crippen LogP contribution is -2.29. The molecule has 0 heterocycles. The van der Waals surface area contributed by atoms with Crippen LogP contribution in [0.25, 0.3) is 0 Å². The molecule has 2 heteroatoms. The highest BCUT2D eigenvalue weighted by molar-refractivity contribution is 4.70. The summed E-state index contributed by atoms with van der Waals surface area (Å²) in [6, 6.07) is 0.888. The minimum absolute atomic E-state index is 0.888. The number of hydrogen-bond donors (Lipinski definition) is 1. The van der Waals surface area contributed by atoms with Crippen molar-refractivity contribution in [2.75, 3.05) is 21.2 Å². The van der Waals surface area contributed by atoms with Crippen molar-refractivity contribution in [2.24, 2.45) is 0 Å². The van der Waals surface area contributed by atoms with Crippen LogP contribution in [0.1, 0.15) is 32.1 Å². The van der Waals surface area contributed by atoms with Gasteiger partial charge in [0.25, 0.3) is 0 Å². The Labute approximate surface area is 70.2 Å². The highest BCUT2D eigenvalue weighted by Gasteiger charge is 2.13. The van der Waals surface area contributed by atoms with Gasteiger partial charge >= 0.3 is 0 Å². The van der Waals surface area contributed by atoms with Gasteiger partial charge in [-0.05, 0) is 26.9 Å². The average molecular weight is 159 g/mol. The van der Waals surface area contributed by atoms with Crippen LogP contribution in [0.15, 0.2) is 0 Å². The second-order valence-electron chi connectivity index (χ2n) is 3.26. The normalized spacial score (nSPS) is 19.4. The van der Waals surface area contributed by atoms with Crippen LogP contribution in [0.2, 0.25) is 0 Å². The van der Waals surface area contributed by atoms with Gasteiger partial charge < -0.3 is 10.0 Å². The monoisotopic (exact) mass is 159 g/mol. The van der Waals surface area contributed by atoms with Crippen LogP contribution in [-0.2, 0) is 0 Å². The Hall–Kier alpha value is -0.0800. The molecule has 1 rings (SSSR count). The Morgan fingerprint density at radius 1 is 1.00 bits per heavy atom. The van der Waals surface area contributed by atoms with Gasteiger partial charge in [0.1, 0.15) is 0 Å². The summed E-state index contributed by atoms with van der Waals surface area (Å²) in [6.45, 7) is 0. The molecule has 0 aromatic rings. The van der Waals surface area contributed by atoms with E-state index in [1.54, 1.807) is 0 Å². The molecule has 0 saturated heterocycles. The van der Waals surface area contributed by atoms with Crippen molar-refractivity contribution in [2.45, 2.75) is 38.1 Å². The maximum atomic E-state index is 7.00. The van der Waals surface area contributed by atoms with Crippen LogP contribution in [-0.4, -0.2) is 37.3 Å². The molecule has 1 saturated carbocycles. The molecule has 1 fully saturated rings. The molecular formula is C9H21NO. The SMILES string of the molecule is CN(C)C1CCCCC1.CO. The summed E-state index contributed by atoms with van der Waals surface area (Å²) in [5, 5.41) is 7.00. The van der Waals surface area contributed by atoms with Crippen LogP contribution < -0.4 is 0 Å². The van der Waals surface area contributed by atoms with Gasteiger partial charge in [-0.3, -0.25) is 0 Å². The van der Waals surface area contributed by atoms with Gasteiger partial charge in [-0.15, -0.1) is 0 Å². The topological polar surface area (TPSA) is 23.5 Å². The molecular weight excluding hydrogens is 138 g/mol. The van der Waals surface area contributed by atoms with E-state index >= 15 is 0 Å². The van der Waals surface area contributed by atoms with E-state index in [2.05, 4.69) is 19.0 Å². The zero-order chi connectivity index (χ0) is 8.69. The third-order valence-electron chi connectivity index (χ3n) is 2.30. The molecule has 0 aromatic heterocycles. The lowest BCUT2D eigenvalue weighted by atomic mass is 9.95.